The SMILES string of the molecule is CCN1CCN(c2ccc(-c3ccc4[nH]cc(C5CCN(S(=O)(=O)CC)CC5)c4c3)cn2)CC1. The zero-order valence-electron chi connectivity index (χ0n) is 20.2. The van der Waals surface area contributed by atoms with E-state index in [0.717, 1.165) is 68.0 Å². The maximum absolute atomic E-state index is 12.2. The van der Waals surface area contributed by atoms with Gasteiger partial charge in [-0.1, -0.05) is 13.0 Å². The highest BCUT2D eigenvalue weighted by molar-refractivity contribution is 7.89. The van der Waals surface area contributed by atoms with Crippen molar-refractivity contribution in [1.82, 2.24) is 19.2 Å². The Labute approximate surface area is 202 Å². The third-order valence-electron chi connectivity index (χ3n) is 7.59. The van der Waals surface area contributed by atoms with E-state index in [0.29, 0.717) is 19.0 Å². The summed E-state index contributed by atoms with van der Waals surface area (Å²) in [6, 6.07) is 10.9. The van der Waals surface area contributed by atoms with Gasteiger partial charge in [-0.15, -0.1) is 0 Å². The maximum atomic E-state index is 12.2. The molecule has 8 heteroatoms. The number of hydrogen-bond acceptors (Lipinski definition) is 5. The monoisotopic (exact) mass is 481 g/mol. The highest BCUT2D eigenvalue weighted by Crippen LogP contribution is 2.35. The van der Waals surface area contributed by atoms with Crippen LogP contribution in [0.25, 0.3) is 22.0 Å². The Morgan fingerprint density at radius 2 is 1.71 bits per heavy atom. The summed E-state index contributed by atoms with van der Waals surface area (Å²) in [6.07, 6.45) is 5.82. The largest absolute Gasteiger partial charge is 0.361 e. The Bertz CT molecular complexity index is 1220. The Morgan fingerprint density at radius 1 is 0.971 bits per heavy atom. The number of likely N-dealkylation sites (N-methyl/N-ethyl adjacent to an activating group) is 1. The fourth-order valence-corrected chi connectivity index (χ4v) is 6.46. The van der Waals surface area contributed by atoms with E-state index in [1.165, 1.54) is 10.9 Å². The van der Waals surface area contributed by atoms with Gasteiger partial charge in [-0.05, 0) is 67.6 Å². The van der Waals surface area contributed by atoms with Crippen LogP contribution in [0, 0.1) is 0 Å². The van der Waals surface area contributed by atoms with Crippen LogP contribution in [-0.4, -0.2) is 79.2 Å². The van der Waals surface area contributed by atoms with Gasteiger partial charge in [-0.25, -0.2) is 17.7 Å². The summed E-state index contributed by atoms with van der Waals surface area (Å²) >= 11 is 0. The summed E-state index contributed by atoms with van der Waals surface area (Å²) in [6.45, 7) is 10.5. The molecule has 7 nitrogen and oxygen atoms in total. The van der Waals surface area contributed by atoms with E-state index < -0.39 is 10.0 Å². The summed E-state index contributed by atoms with van der Waals surface area (Å²) in [5, 5.41) is 1.23. The minimum atomic E-state index is -3.10. The second-order valence-electron chi connectivity index (χ2n) is 9.40. The number of piperazine rings is 1. The number of nitrogens with one attached hydrogen (secondary N) is 1. The second kappa shape index (κ2) is 9.68. The van der Waals surface area contributed by atoms with Gasteiger partial charge in [0.25, 0.3) is 0 Å². The number of pyridine rings is 1. The smallest absolute Gasteiger partial charge is 0.213 e. The molecule has 2 aliphatic rings. The van der Waals surface area contributed by atoms with Gasteiger partial charge >= 0.3 is 0 Å². The number of aromatic nitrogens is 2. The molecule has 2 saturated heterocycles. The van der Waals surface area contributed by atoms with Crippen LogP contribution in [0.4, 0.5) is 5.82 Å². The normalized spacial score (nSPS) is 19.2. The zero-order valence-corrected chi connectivity index (χ0v) is 21.0. The summed E-state index contributed by atoms with van der Waals surface area (Å²) in [4.78, 5) is 13.0. The van der Waals surface area contributed by atoms with E-state index in [1.54, 1.807) is 11.2 Å². The van der Waals surface area contributed by atoms with Crippen molar-refractivity contribution >= 4 is 26.7 Å². The van der Waals surface area contributed by atoms with Crippen LogP contribution in [0.1, 0.15) is 38.2 Å². The van der Waals surface area contributed by atoms with Gasteiger partial charge in [-0.3, -0.25) is 0 Å². The quantitative estimate of drug-likeness (QED) is 0.578. The highest BCUT2D eigenvalue weighted by atomic mass is 32.2. The summed E-state index contributed by atoms with van der Waals surface area (Å²) in [5.41, 5.74) is 4.70. The van der Waals surface area contributed by atoms with Crippen molar-refractivity contribution in [2.24, 2.45) is 0 Å². The van der Waals surface area contributed by atoms with Crippen molar-refractivity contribution in [3.05, 3.63) is 48.3 Å². The molecule has 4 heterocycles. The number of rotatable bonds is 6. The first kappa shape index (κ1) is 23.3. The van der Waals surface area contributed by atoms with E-state index in [9.17, 15) is 8.42 Å². The molecule has 0 aliphatic carbocycles. The van der Waals surface area contributed by atoms with E-state index in [1.807, 2.05) is 6.20 Å². The lowest BCUT2D eigenvalue weighted by molar-refractivity contribution is 0.270. The van der Waals surface area contributed by atoms with Gasteiger partial charge in [0.05, 0.1) is 5.75 Å². The highest BCUT2D eigenvalue weighted by Gasteiger charge is 2.28. The maximum Gasteiger partial charge on any atom is 0.213 e. The van der Waals surface area contributed by atoms with Gasteiger partial charge in [0.1, 0.15) is 5.82 Å². The molecule has 0 atom stereocenters. The van der Waals surface area contributed by atoms with Crippen molar-refractivity contribution < 1.29 is 8.42 Å². The predicted molar refractivity (Wildman–Crippen MR) is 139 cm³/mol. The molecular weight excluding hydrogens is 446 g/mol. The summed E-state index contributed by atoms with van der Waals surface area (Å²) in [5.74, 6) is 1.60. The first-order chi connectivity index (χ1) is 16.5. The zero-order chi connectivity index (χ0) is 23.7. The average Bonchev–Trinajstić information content (AvgIpc) is 3.32. The molecule has 3 aromatic rings. The summed E-state index contributed by atoms with van der Waals surface area (Å²) in [7, 11) is -3.10. The molecule has 0 unspecified atom stereocenters. The standard InChI is InChI=1S/C26H35N5O2S/c1-3-29-13-15-30(16-14-29)26-8-6-22(18-28-26)21-5-7-25-23(17-21)24(19-27-25)20-9-11-31(12-10-20)34(32,33)4-2/h5-8,17-20,27H,3-4,9-16H2,1-2H3. The molecule has 1 aromatic carbocycles. The number of nitrogens with zero attached hydrogens (tertiary/aromatic N) is 4. The number of benzene rings is 1. The van der Waals surface area contributed by atoms with Crippen molar-refractivity contribution in [3.63, 3.8) is 0 Å². The molecule has 2 fully saturated rings. The first-order valence-corrected chi connectivity index (χ1v) is 14.1. The number of H-pyrrole nitrogens is 1. The van der Waals surface area contributed by atoms with Gasteiger partial charge in [0, 0.05) is 68.1 Å². The van der Waals surface area contributed by atoms with Gasteiger partial charge in [-0.2, -0.15) is 0 Å². The molecule has 34 heavy (non-hydrogen) atoms. The second-order valence-corrected chi connectivity index (χ2v) is 11.7. The van der Waals surface area contributed by atoms with Crippen LogP contribution in [0.15, 0.2) is 42.7 Å². The van der Waals surface area contributed by atoms with Gasteiger partial charge in [0.2, 0.25) is 10.0 Å². The molecule has 0 spiro atoms. The Balaban J connectivity index is 1.32. The van der Waals surface area contributed by atoms with Crippen LogP contribution in [0.5, 0.6) is 0 Å². The molecule has 182 valence electrons. The Morgan fingerprint density at radius 3 is 2.35 bits per heavy atom. The molecule has 1 N–H and O–H groups in total. The van der Waals surface area contributed by atoms with Crippen molar-refractivity contribution in [1.29, 1.82) is 0 Å². The molecule has 0 bridgehead atoms. The molecular formula is C26H35N5O2S. The molecule has 5 rings (SSSR count). The van der Waals surface area contributed by atoms with Crippen LogP contribution in [0.2, 0.25) is 0 Å². The minimum absolute atomic E-state index is 0.176. The van der Waals surface area contributed by atoms with Crippen molar-refractivity contribution in [3.8, 4) is 11.1 Å². The van der Waals surface area contributed by atoms with Crippen LogP contribution >= 0.6 is 0 Å². The number of hydrogen-bond donors (Lipinski definition) is 1. The number of anilines is 1. The lowest BCUT2D eigenvalue weighted by Crippen LogP contribution is -2.46. The molecule has 2 aromatic heterocycles. The van der Waals surface area contributed by atoms with Gasteiger partial charge in [0.15, 0.2) is 0 Å². The number of piperidine rings is 1. The molecule has 0 saturated carbocycles. The van der Waals surface area contributed by atoms with E-state index >= 15 is 0 Å². The Hall–Kier alpha value is -2.42. The number of sulfonamides is 1. The van der Waals surface area contributed by atoms with Crippen LogP contribution < -0.4 is 4.90 Å². The third-order valence-corrected chi connectivity index (χ3v) is 9.47. The summed E-state index contributed by atoms with van der Waals surface area (Å²) < 4.78 is 26.1. The Kier molecular flexibility index (Phi) is 6.64. The number of aromatic amines is 1. The van der Waals surface area contributed by atoms with E-state index in [-0.39, 0.29) is 5.75 Å². The lowest BCUT2D eigenvalue weighted by atomic mass is 9.89. The van der Waals surface area contributed by atoms with E-state index in [2.05, 4.69) is 58.2 Å². The predicted octanol–water partition coefficient (Wildman–Crippen LogP) is 3.90. The third kappa shape index (κ3) is 4.59. The fourth-order valence-electron chi connectivity index (χ4n) is 5.32. The molecule has 0 radical (unpaired) electrons. The topological polar surface area (TPSA) is 72.5 Å². The van der Waals surface area contributed by atoms with Gasteiger partial charge < -0.3 is 14.8 Å². The van der Waals surface area contributed by atoms with Crippen molar-refractivity contribution in [2.45, 2.75) is 32.6 Å². The lowest BCUT2D eigenvalue weighted by Gasteiger charge is -2.34. The van der Waals surface area contributed by atoms with Crippen LogP contribution in [-0.2, 0) is 10.0 Å². The first-order valence-electron chi connectivity index (χ1n) is 12.5. The number of fused-ring (bicyclic) bond motifs is 1. The fraction of sp³-hybridized carbons (Fsp3) is 0.500. The average molecular weight is 482 g/mol. The molecule has 2 aliphatic heterocycles. The van der Waals surface area contributed by atoms with E-state index in [4.69, 9.17) is 4.98 Å². The minimum Gasteiger partial charge on any atom is -0.361 e. The van der Waals surface area contributed by atoms with Crippen molar-refractivity contribution in [2.75, 3.05) is 56.5 Å². The molecule has 0 amide bonds. The van der Waals surface area contributed by atoms with Crippen LogP contribution in [0.3, 0.4) is 0 Å².